The van der Waals surface area contributed by atoms with Crippen molar-refractivity contribution in [2.24, 2.45) is 5.73 Å². The average Bonchev–Trinajstić information content (AvgIpc) is 2.54. The van der Waals surface area contributed by atoms with Gasteiger partial charge in [0.15, 0.2) is 0 Å². The number of sulfonamides is 1. The standard InChI is InChI=1S/C16H24N2O4S/c1-11-7-8-13(16(19)22-3)10-15(11)23(20,21)18-9-5-4-6-14(18)12(2)17/h7-8,10,12,14H,4-6,9,17H2,1-3H3. The van der Waals surface area contributed by atoms with E-state index < -0.39 is 16.0 Å². The molecule has 1 heterocycles. The molecule has 1 saturated heterocycles. The van der Waals surface area contributed by atoms with Gasteiger partial charge in [-0.3, -0.25) is 0 Å². The highest BCUT2D eigenvalue weighted by molar-refractivity contribution is 7.89. The zero-order chi connectivity index (χ0) is 17.2. The Balaban J connectivity index is 2.48. The fourth-order valence-corrected chi connectivity index (χ4v) is 5.03. The summed E-state index contributed by atoms with van der Waals surface area (Å²) in [6.45, 7) is 4.01. The van der Waals surface area contributed by atoms with Crippen LogP contribution in [0.1, 0.15) is 42.1 Å². The first-order valence-corrected chi connectivity index (χ1v) is 9.19. The fourth-order valence-electron chi connectivity index (χ4n) is 3.00. The zero-order valence-electron chi connectivity index (χ0n) is 13.8. The Morgan fingerprint density at radius 2 is 2.09 bits per heavy atom. The lowest BCUT2D eigenvalue weighted by molar-refractivity contribution is 0.0600. The van der Waals surface area contributed by atoms with Crippen LogP contribution in [0.3, 0.4) is 0 Å². The molecule has 0 saturated carbocycles. The van der Waals surface area contributed by atoms with E-state index in [2.05, 4.69) is 4.74 Å². The van der Waals surface area contributed by atoms with Gasteiger partial charge in [0.25, 0.3) is 0 Å². The summed E-state index contributed by atoms with van der Waals surface area (Å²) in [5.74, 6) is -0.552. The Hall–Kier alpha value is -1.44. The first kappa shape index (κ1) is 17.9. The van der Waals surface area contributed by atoms with Crippen molar-refractivity contribution < 1.29 is 17.9 Å². The van der Waals surface area contributed by atoms with Gasteiger partial charge in [0.05, 0.1) is 17.6 Å². The molecular formula is C16H24N2O4S. The number of rotatable bonds is 4. The molecule has 0 radical (unpaired) electrons. The van der Waals surface area contributed by atoms with Crippen LogP contribution < -0.4 is 5.73 Å². The smallest absolute Gasteiger partial charge is 0.337 e. The van der Waals surface area contributed by atoms with Crippen molar-refractivity contribution in [2.45, 2.75) is 50.1 Å². The number of carbonyl (C=O) groups is 1. The molecule has 6 nitrogen and oxygen atoms in total. The van der Waals surface area contributed by atoms with Gasteiger partial charge in [-0.25, -0.2) is 13.2 Å². The summed E-state index contributed by atoms with van der Waals surface area (Å²) in [4.78, 5) is 11.8. The summed E-state index contributed by atoms with van der Waals surface area (Å²) in [6.07, 6.45) is 2.55. The van der Waals surface area contributed by atoms with Gasteiger partial charge in [0, 0.05) is 18.6 Å². The van der Waals surface area contributed by atoms with Gasteiger partial charge in [0.1, 0.15) is 0 Å². The zero-order valence-corrected chi connectivity index (χ0v) is 14.6. The number of aryl methyl sites for hydroxylation is 1. The Kier molecular flexibility index (Phi) is 5.44. The number of esters is 1. The van der Waals surface area contributed by atoms with Crippen LogP contribution in [-0.2, 0) is 14.8 Å². The second-order valence-electron chi connectivity index (χ2n) is 6.01. The number of ether oxygens (including phenoxy) is 1. The molecule has 0 amide bonds. The third-order valence-corrected chi connectivity index (χ3v) is 6.37. The van der Waals surface area contributed by atoms with Gasteiger partial charge in [-0.1, -0.05) is 12.5 Å². The van der Waals surface area contributed by atoms with Gasteiger partial charge < -0.3 is 10.5 Å². The van der Waals surface area contributed by atoms with Crippen molar-refractivity contribution in [1.29, 1.82) is 0 Å². The van der Waals surface area contributed by atoms with E-state index in [1.165, 1.54) is 17.5 Å². The number of piperidine rings is 1. The highest BCUT2D eigenvalue weighted by atomic mass is 32.2. The molecule has 1 aromatic carbocycles. The molecule has 2 unspecified atom stereocenters. The second kappa shape index (κ2) is 6.98. The molecule has 2 atom stereocenters. The summed E-state index contributed by atoms with van der Waals surface area (Å²) in [7, 11) is -2.43. The number of nitrogens with zero attached hydrogens (tertiary/aromatic N) is 1. The van der Waals surface area contributed by atoms with E-state index in [0.717, 1.165) is 19.3 Å². The maximum atomic E-state index is 13.1. The normalized spacial score (nSPS) is 21.0. The van der Waals surface area contributed by atoms with Crippen LogP contribution in [0.15, 0.2) is 23.1 Å². The van der Waals surface area contributed by atoms with E-state index in [1.54, 1.807) is 19.1 Å². The first-order chi connectivity index (χ1) is 10.8. The summed E-state index contributed by atoms with van der Waals surface area (Å²) in [5, 5.41) is 0. The van der Waals surface area contributed by atoms with Crippen LogP contribution >= 0.6 is 0 Å². The SMILES string of the molecule is COC(=O)c1ccc(C)c(S(=O)(=O)N2CCCCC2C(C)N)c1. The summed E-state index contributed by atoms with van der Waals surface area (Å²) >= 11 is 0. The van der Waals surface area contributed by atoms with Gasteiger partial charge in [-0.05, 0) is 44.4 Å². The fraction of sp³-hybridized carbons (Fsp3) is 0.562. The molecule has 1 aliphatic heterocycles. The average molecular weight is 340 g/mol. The molecule has 1 aliphatic rings. The molecular weight excluding hydrogens is 316 g/mol. The van der Waals surface area contributed by atoms with Crippen molar-refractivity contribution in [3.8, 4) is 0 Å². The second-order valence-corrected chi connectivity index (χ2v) is 7.87. The third kappa shape index (κ3) is 3.57. The van der Waals surface area contributed by atoms with E-state index in [-0.39, 0.29) is 22.5 Å². The van der Waals surface area contributed by atoms with Crippen molar-refractivity contribution >= 4 is 16.0 Å². The summed E-state index contributed by atoms with van der Waals surface area (Å²) in [5.41, 5.74) is 6.82. The number of carbonyl (C=O) groups excluding carboxylic acids is 1. The number of hydrogen-bond acceptors (Lipinski definition) is 5. The quantitative estimate of drug-likeness (QED) is 0.842. The maximum absolute atomic E-state index is 13.1. The third-order valence-electron chi connectivity index (χ3n) is 4.30. The molecule has 2 N–H and O–H groups in total. The molecule has 0 spiro atoms. The topological polar surface area (TPSA) is 89.7 Å². The van der Waals surface area contributed by atoms with Crippen LogP contribution in [0.5, 0.6) is 0 Å². The largest absolute Gasteiger partial charge is 0.465 e. The van der Waals surface area contributed by atoms with E-state index in [0.29, 0.717) is 12.1 Å². The number of methoxy groups -OCH3 is 1. The van der Waals surface area contributed by atoms with Gasteiger partial charge in [-0.15, -0.1) is 0 Å². The molecule has 0 aromatic heterocycles. The Labute approximate surface area is 137 Å². The highest BCUT2D eigenvalue weighted by Crippen LogP contribution is 2.29. The van der Waals surface area contributed by atoms with Crippen molar-refractivity contribution in [2.75, 3.05) is 13.7 Å². The minimum atomic E-state index is -3.71. The van der Waals surface area contributed by atoms with Crippen molar-refractivity contribution in [3.63, 3.8) is 0 Å². The van der Waals surface area contributed by atoms with Gasteiger partial charge in [0.2, 0.25) is 10.0 Å². The highest BCUT2D eigenvalue weighted by Gasteiger charge is 2.36. The first-order valence-electron chi connectivity index (χ1n) is 7.75. The van der Waals surface area contributed by atoms with Crippen LogP contribution in [0.4, 0.5) is 0 Å². The van der Waals surface area contributed by atoms with Crippen molar-refractivity contribution in [1.82, 2.24) is 4.31 Å². The molecule has 128 valence electrons. The Morgan fingerprint density at radius 3 is 2.70 bits per heavy atom. The Bertz CT molecular complexity index is 685. The van der Waals surface area contributed by atoms with Gasteiger partial charge in [-0.2, -0.15) is 4.31 Å². The molecule has 0 aliphatic carbocycles. The van der Waals surface area contributed by atoms with Crippen LogP contribution in [0, 0.1) is 6.92 Å². The lowest BCUT2D eigenvalue weighted by atomic mass is 10.00. The molecule has 2 rings (SSSR count). The predicted octanol–water partition coefficient (Wildman–Crippen LogP) is 1.67. The van der Waals surface area contributed by atoms with E-state index >= 15 is 0 Å². The summed E-state index contributed by atoms with van der Waals surface area (Å²) in [6, 6.07) is 4.14. The summed E-state index contributed by atoms with van der Waals surface area (Å²) < 4.78 is 32.4. The molecule has 0 bridgehead atoms. The number of benzene rings is 1. The van der Waals surface area contributed by atoms with Crippen LogP contribution in [0.2, 0.25) is 0 Å². The molecule has 1 aromatic rings. The van der Waals surface area contributed by atoms with Crippen LogP contribution in [-0.4, -0.2) is 44.4 Å². The van der Waals surface area contributed by atoms with Crippen molar-refractivity contribution in [3.05, 3.63) is 29.3 Å². The maximum Gasteiger partial charge on any atom is 0.337 e. The monoisotopic (exact) mass is 340 g/mol. The minimum absolute atomic E-state index is 0.146. The van der Waals surface area contributed by atoms with E-state index in [4.69, 9.17) is 5.73 Å². The lowest BCUT2D eigenvalue weighted by Crippen LogP contribution is -2.51. The minimum Gasteiger partial charge on any atom is -0.465 e. The number of hydrogen-bond donors (Lipinski definition) is 1. The predicted molar refractivity (Wildman–Crippen MR) is 87.7 cm³/mol. The number of nitrogens with two attached hydrogens (primary N) is 1. The van der Waals surface area contributed by atoms with Crippen LogP contribution in [0.25, 0.3) is 0 Å². The molecule has 1 fully saturated rings. The lowest BCUT2D eigenvalue weighted by Gasteiger charge is -2.37. The van der Waals surface area contributed by atoms with E-state index in [9.17, 15) is 13.2 Å². The van der Waals surface area contributed by atoms with E-state index in [1.807, 2.05) is 6.92 Å². The molecule has 23 heavy (non-hydrogen) atoms. The Morgan fingerprint density at radius 1 is 1.39 bits per heavy atom. The van der Waals surface area contributed by atoms with Gasteiger partial charge >= 0.3 is 5.97 Å². The molecule has 7 heteroatoms.